The summed E-state index contributed by atoms with van der Waals surface area (Å²) in [4.78, 5) is 12.7. The van der Waals surface area contributed by atoms with Gasteiger partial charge in [0.2, 0.25) is 5.91 Å². The van der Waals surface area contributed by atoms with Gasteiger partial charge in [-0.15, -0.1) is 0 Å². The van der Waals surface area contributed by atoms with Gasteiger partial charge in [-0.1, -0.05) is 49.7 Å². The lowest BCUT2D eigenvalue weighted by Crippen LogP contribution is -2.21. The zero-order chi connectivity index (χ0) is 15.9. The van der Waals surface area contributed by atoms with Crippen LogP contribution in [-0.4, -0.2) is 13.0 Å². The number of hydrogen-bond acceptors (Lipinski definition) is 2. The van der Waals surface area contributed by atoms with E-state index < -0.39 is 0 Å². The van der Waals surface area contributed by atoms with E-state index in [0.717, 1.165) is 29.7 Å². The number of methoxy groups -OCH3 is 1. The lowest BCUT2D eigenvalue weighted by molar-refractivity contribution is -0.117. The Balaban J connectivity index is 2.24. The molecule has 116 valence electrons. The summed E-state index contributed by atoms with van der Waals surface area (Å²) in [6.45, 7) is 4.09. The van der Waals surface area contributed by atoms with Crippen molar-refractivity contribution < 1.29 is 9.53 Å². The molecule has 2 aromatic rings. The van der Waals surface area contributed by atoms with E-state index in [-0.39, 0.29) is 11.8 Å². The largest absolute Gasteiger partial charge is 0.495 e. The third-order valence-electron chi connectivity index (χ3n) is 3.71. The SMILES string of the molecule is CCC[C@@H](C(=O)Nc1cc(C)ccc1OC)c1ccccc1. The fourth-order valence-corrected chi connectivity index (χ4v) is 2.56. The third-order valence-corrected chi connectivity index (χ3v) is 3.71. The van der Waals surface area contributed by atoms with E-state index in [1.807, 2.05) is 55.5 Å². The first-order valence-corrected chi connectivity index (χ1v) is 7.66. The minimum atomic E-state index is -0.142. The van der Waals surface area contributed by atoms with Crippen molar-refractivity contribution in [1.29, 1.82) is 0 Å². The van der Waals surface area contributed by atoms with E-state index in [1.165, 1.54) is 0 Å². The first-order valence-electron chi connectivity index (χ1n) is 7.66. The zero-order valence-electron chi connectivity index (χ0n) is 13.4. The van der Waals surface area contributed by atoms with E-state index >= 15 is 0 Å². The van der Waals surface area contributed by atoms with Crippen molar-refractivity contribution in [2.45, 2.75) is 32.6 Å². The van der Waals surface area contributed by atoms with E-state index in [4.69, 9.17) is 4.74 Å². The van der Waals surface area contributed by atoms with Gasteiger partial charge in [-0.3, -0.25) is 4.79 Å². The van der Waals surface area contributed by atoms with Crippen LogP contribution in [0.5, 0.6) is 5.75 Å². The molecule has 0 aromatic heterocycles. The number of anilines is 1. The predicted molar refractivity (Wildman–Crippen MR) is 90.5 cm³/mol. The summed E-state index contributed by atoms with van der Waals surface area (Å²) in [6, 6.07) is 15.7. The highest BCUT2D eigenvalue weighted by Crippen LogP contribution is 2.28. The first kappa shape index (κ1) is 16.1. The van der Waals surface area contributed by atoms with Gasteiger partial charge in [0, 0.05) is 0 Å². The second-order valence-corrected chi connectivity index (χ2v) is 5.44. The van der Waals surface area contributed by atoms with Gasteiger partial charge in [0.15, 0.2) is 0 Å². The summed E-state index contributed by atoms with van der Waals surface area (Å²) in [5.41, 5.74) is 2.86. The third kappa shape index (κ3) is 3.88. The number of carbonyl (C=O) groups is 1. The van der Waals surface area contributed by atoms with E-state index in [9.17, 15) is 4.79 Å². The number of nitrogens with one attached hydrogen (secondary N) is 1. The van der Waals surface area contributed by atoms with Crippen LogP contribution in [-0.2, 0) is 4.79 Å². The molecule has 2 rings (SSSR count). The molecule has 0 aliphatic rings. The van der Waals surface area contributed by atoms with Gasteiger partial charge < -0.3 is 10.1 Å². The molecule has 0 aliphatic heterocycles. The van der Waals surface area contributed by atoms with Gasteiger partial charge in [0.05, 0.1) is 18.7 Å². The molecule has 0 bridgehead atoms. The maximum Gasteiger partial charge on any atom is 0.232 e. The number of carbonyl (C=O) groups excluding carboxylic acids is 1. The van der Waals surface area contributed by atoms with Crippen molar-refractivity contribution in [3.63, 3.8) is 0 Å². The van der Waals surface area contributed by atoms with Gasteiger partial charge in [-0.2, -0.15) is 0 Å². The van der Waals surface area contributed by atoms with Crippen molar-refractivity contribution in [1.82, 2.24) is 0 Å². The molecule has 0 fully saturated rings. The Kier molecular flexibility index (Phi) is 5.59. The molecule has 0 saturated heterocycles. The van der Waals surface area contributed by atoms with E-state index in [1.54, 1.807) is 7.11 Å². The van der Waals surface area contributed by atoms with Crippen LogP contribution in [0.1, 0.15) is 36.8 Å². The molecular formula is C19H23NO2. The second kappa shape index (κ2) is 7.64. The van der Waals surface area contributed by atoms with Gasteiger partial charge in [0.25, 0.3) is 0 Å². The van der Waals surface area contributed by atoms with Gasteiger partial charge in [-0.25, -0.2) is 0 Å². The van der Waals surface area contributed by atoms with Crippen molar-refractivity contribution in [3.8, 4) is 5.75 Å². The molecule has 3 nitrogen and oxygen atoms in total. The highest BCUT2D eigenvalue weighted by molar-refractivity contribution is 5.97. The van der Waals surface area contributed by atoms with Gasteiger partial charge in [0.1, 0.15) is 5.75 Å². The highest BCUT2D eigenvalue weighted by Gasteiger charge is 2.20. The second-order valence-electron chi connectivity index (χ2n) is 5.44. The summed E-state index contributed by atoms with van der Waals surface area (Å²) in [5.74, 6) is 0.552. The summed E-state index contributed by atoms with van der Waals surface area (Å²) >= 11 is 0. The average Bonchev–Trinajstić information content (AvgIpc) is 2.53. The molecule has 3 heteroatoms. The Bertz CT molecular complexity index is 623. The molecule has 0 saturated carbocycles. The molecule has 0 unspecified atom stereocenters. The van der Waals surface area contributed by atoms with E-state index in [0.29, 0.717) is 5.75 Å². The number of benzene rings is 2. The minimum absolute atomic E-state index is 0.0111. The van der Waals surface area contributed by atoms with Crippen molar-refractivity contribution in [2.75, 3.05) is 12.4 Å². The molecule has 0 heterocycles. The number of amides is 1. The summed E-state index contributed by atoms with van der Waals surface area (Å²) in [7, 11) is 1.61. The van der Waals surface area contributed by atoms with Gasteiger partial charge >= 0.3 is 0 Å². The van der Waals surface area contributed by atoms with Crippen LogP contribution in [0.3, 0.4) is 0 Å². The average molecular weight is 297 g/mol. The number of aryl methyl sites for hydroxylation is 1. The summed E-state index contributed by atoms with van der Waals surface area (Å²) in [6.07, 6.45) is 1.78. The van der Waals surface area contributed by atoms with Gasteiger partial charge in [-0.05, 0) is 36.6 Å². The maximum atomic E-state index is 12.7. The zero-order valence-corrected chi connectivity index (χ0v) is 13.4. The lowest BCUT2D eigenvalue weighted by atomic mass is 9.93. The standard InChI is InChI=1S/C19H23NO2/c1-4-8-16(15-9-6-5-7-10-15)19(21)20-17-13-14(2)11-12-18(17)22-3/h5-7,9-13,16H,4,8H2,1-3H3,(H,20,21)/t16-/m1/s1. The molecule has 22 heavy (non-hydrogen) atoms. The molecule has 1 amide bonds. The summed E-state index contributed by atoms with van der Waals surface area (Å²) in [5, 5.41) is 3.02. The molecule has 1 N–H and O–H groups in total. The van der Waals surface area contributed by atoms with E-state index in [2.05, 4.69) is 12.2 Å². The quantitative estimate of drug-likeness (QED) is 0.851. The predicted octanol–water partition coefficient (Wildman–Crippen LogP) is 4.53. The highest BCUT2D eigenvalue weighted by atomic mass is 16.5. The number of hydrogen-bond donors (Lipinski definition) is 1. The first-order chi connectivity index (χ1) is 10.7. The van der Waals surface area contributed by atoms with Crippen molar-refractivity contribution in [3.05, 3.63) is 59.7 Å². The van der Waals surface area contributed by atoms with Crippen LogP contribution in [0, 0.1) is 6.92 Å². The number of ether oxygens (including phenoxy) is 1. The van der Waals surface area contributed by atoms with Crippen LogP contribution < -0.4 is 10.1 Å². The van der Waals surface area contributed by atoms with Crippen LogP contribution in [0.25, 0.3) is 0 Å². The van der Waals surface area contributed by atoms with Crippen LogP contribution in [0.4, 0.5) is 5.69 Å². The summed E-state index contributed by atoms with van der Waals surface area (Å²) < 4.78 is 5.33. The van der Waals surface area contributed by atoms with Crippen LogP contribution in [0.15, 0.2) is 48.5 Å². The fraction of sp³-hybridized carbons (Fsp3) is 0.316. The Morgan fingerprint density at radius 3 is 2.55 bits per heavy atom. The minimum Gasteiger partial charge on any atom is -0.495 e. The molecule has 2 aromatic carbocycles. The van der Waals surface area contributed by atoms with Crippen molar-refractivity contribution in [2.24, 2.45) is 0 Å². The number of rotatable bonds is 6. The Labute approximate surface area is 132 Å². The molecule has 0 spiro atoms. The Morgan fingerprint density at radius 2 is 1.91 bits per heavy atom. The molecule has 1 atom stereocenters. The van der Waals surface area contributed by atoms with Crippen LogP contribution in [0.2, 0.25) is 0 Å². The normalized spacial score (nSPS) is 11.8. The topological polar surface area (TPSA) is 38.3 Å². The molecule has 0 aliphatic carbocycles. The molecule has 0 radical (unpaired) electrons. The van der Waals surface area contributed by atoms with Crippen molar-refractivity contribution >= 4 is 11.6 Å². The fourth-order valence-electron chi connectivity index (χ4n) is 2.56. The smallest absolute Gasteiger partial charge is 0.232 e. The lowest BCUT2D eigenvalue weighted by Gasteiger charge is -2.18. The maximum absolute atomic E-state index is 12.7. The Hall–Kier alpha value is -2.29. The Morgan fingerprint density at radius 1 is 1.18 bits per heavy atom. The monoisotopic (exact) mass is 297 g/mol. The molecular weight excluding hydrogens is 274 g/mol. The van der Waals surface area contributed by atoms with Crippen LogP contribution >= 0.6 is 0 Å².